The molecule has 0 unspecified atom stereocenters. The summed E-state index contributed by atoms with van der Waals surface area (Å²) < 4.78 is 18.4. The fourth-order valence-electron chi connectivity index (χ4n) is 2.25. The number of hydrogen-bond donors (Lipinski definition) is 1. The maximum Gasteiger partial charge on any atom is 0.258 e. The van der Waals surface area contributed by atoms with Crippen molar-refractivity contribution in [2.24, 2.45) is 0 Å². The van der Waals surface area contributed by atoms with E-state index in [-0.39, 0.29) is 23.6 Å². The number of benzene rings is 2. The van der Waals surface area contributed by atoms with Crippen molar-refractivity contribution in [2.75, 3.05) is 6.61 Å². The third-order valence-electron chi connectivity index (χ3n) is 3.38. The zero-order valence-corrected chi connectivity index (χ0v) is 13.6. The normalized spacial score (nSPS) is 11.8. The van der Waals surface area contributed by atoms with E-state index >= 15 is 0 Å². The Balaban J connectivity index is 1.92. The molecule has 3 nitrogen and oxygen atoms in total. The zero-order valence-electron chi connectivity index (χ0n) is 12.9. The van der Waals surface area contributed by atoms with E-state index in [2.05, 4.69) is 12.2 Å². The first-order valence-electron chi connectivity index (χ1n) is 7.52. The second-order valence-electron chi connectivity index (χ2n) is 5.18. The second-order valence-corrected chi connectivity index (χ2v) is 5.59. The molecule has 2 aromatic rings. The molecule has 122 valence electrons. The minimum atomic E-state index is -0.518. The quantitative estimate of drug-likeness (QED) is 0.808. The van der Waals surface area contributed by atoms with Crippen molar-refractivity contribution in [1.29, 1.82) is 0 Å². The highest BCUT2D eigenvalue weighted by Crippen LogP contribution is 2.21. The minimum Gasteiger partial charge on any atom is -0.484 e. The predicted octanol–water partition coefficient (Wildman–Crippen LogP) is 4.52. The van der Waals surface area contributed by atoms with Crippen LogP contribution in [0.25, 0.3) is 0 Å². The van der Waals surface area contributed by atoms with Gasteiger partial charge in [0.25, 0.3) is 5.91 Å². The molecule has 0 radical (unpaired) electrons. The van der Waals surface area contributed by atoms with Crippen molar-refractivity contribution < 1.29 is 13.9 Å². The van der Waals surface area contributed by atoms with Gasteiger partial charge in [-0.25, -0.2) is 4.39 Å². The predicted molar refractivity (Wildman–Crippen MR) is 89.1 cm³/mol. The summed E-state index contributed by atoms with van der Waals surface area (Å²) in [4.78, 5) is 12.1. The van der Waals surface area contributed by atoms with Gasteiger partial charge in [-0.1, -0.05) is 55.3 Å². The summed E-state index contributed by atoms with van der Waals surface area (Å²) in [6.07, 6.45) is 1.80. The van der Waals surface area contributed by atoms with Crippen LogP contribution >= 0.6 is 11.6 Å². The number of halogens is 2. The number of carbonyl (C=O) groups excluding carboxylic acids is 1. The smallest absolute Gasteiger partial charge is 0.258 e. The Kier molecular flexibility index (Phi) is 6.41. The zero-order chi connectivity index (χ0) is 16.7. The van der Waals surface area contributed by atoms with E-state index in [1.54, 1.807) is 0 Å². The molecule has 0 aliphatic carbocycles. The van der Waals surface area contributed by atoms with Crippen LogP contribution in [0.5, 0.6) is 5.75 Å². The number of rotatable bonds is 7. The highest BCUT2D eigenvalue weighted by atomic mass is 35.5. The molecule has 0 aliphatic heterocycles. The van der Waals surface area contributed by atoms with Crippen LogP contribution in [-0.2, 0) is 4.79 Å². The van der Waals surface area contributed by atoms with Crippen LogP contribution in [0.15, 0.2) is 48.5 Å². The summed E-state index contributed by atoms with van der Waals surface area (Å²) >= 11 is 5.68. The lowest BCUT2D eigenvalue weighted by Crippen LogP contribution is -2.32. The maximum absolute atomic E-state index is 13.1. The van der Waals surface area contributed by atoms with Crippen molar-refractivity contribution in [2.45, 2.75) is 25.8 Å². The van der Waals surface area contributed by atoms with Gasteiger partial charge < -0.3 is 10.1 Å². The van der Waals surface area contributed by atoms with Gasteiger partial charge >= 0.3 is 0 Å². The molecule has 1 N–H and O–H groups in total. The van der Waals surface area contributed by atoms with E-state index < -0.39 is 5.82 Å². The lowest BCUT2D eigenvalue weighted by atomic mass is 10.0. The molecule has 0 fully saturated rings. The molecule has 5 heteroatoms. The Bertz CT molecular complexity index is 649. The lowest BCUT2D eigenvalue weighted by Gasteiger charge is -2.18. The summed E-state index contributed by atoms with van der Waals surface area (Å²) in [7, 11) is 0. The van der Waals surface area contributed by atoms with Crippen LogP contribution in [0.2, 0.25) is 5.02 Å². The Morgan fingerprint density at radius 3 is 2.65 bits per heavy atom. The Morgan fingerprint density at radius 1 is 1.26 bits per heavy atom. The fraction of sp³-hybridized carbons (Fsp3) is 0.278. The Hall–Kier alpha value is -2.07. The van der Waals surface area contributed by atoms with Crippen LogP contribution in [0, 0.1) is 5.82 Å². The van der Waals surface area contributed by atoms with E-state index in [4.69, 9.17) is 16.3 Å². The molecular weight excluding hydrogens is 317 g/mol. The summed E-state index contributed by atoms with van der Waals surface area (Å²) in [6.45, 7) is 1.92. The van der Waals surface area contributed by atoms with E-state index in [0.717, 1.165) is 18.4 Å². The van der Waals surface area contributed by atoms with Gasteiger partial charge in [0.05, 0.1) is 11.1 Å². The summed E-state index contributed by atoms with van der Waals surface area (Å²) in [5.74, 6) is -0.387. The van der Waals surface area contributed by atoms with Crippen LogP contribution in [-0.4, -0.2) is 12.5 Å². The van der Waals surface area contributed by atoms with Gasteiger partial charge in [0.2, 0.25) is 0 Å². The number of carbonyl (C=O) groups is 1. The number of ether oxygens (including phenoxy) is 1. The van der Waals surface area contributed by atoms with E-state index in [9.17, 15) is 9.18 Å². The van der Waals surface area contributed by atoms with Gasteiger partial charge in [-0.15, -0.1) is 0 Å². The molecule has 0 saturated carbocycles. The van der Waals surface area contributed by atoms with Gasteiger partial charge in [0.1, 0.15) is 11.6 Å². The van der Waals surface area contributed by atoms with Crippen LogP contribution in [0.1, 0.15) is 31.4 Å². The van der Waals surface area contributed by atoms with Crippen molar-refractivity contribution in [3.63, 3.8) is 0 Å². The average Bonchev–Trinajstić information content (AvgIpc) is 2.56. The van der Waals surface area contributed by atoms with Gasteiger partial charge in [-0.3, -0.25) is 4.79 Å². The van der Waals surface area contributed by atoms with Gasteiger partial charge in [-0.05, 0) is 24.1 Å². The minimum absolute atomic E-state index is 0.0314. The van der Waals surface area contributed by atoms with Gasteiger partial charge in [0, 0.05) is 6.07 Å². The molecule has 0 aromatic heterocycles. The topological polar surface area (TPSA) is 38.3 Å². The molecule has 2 aromatic carbocycles. The standard InChI is InChI=1S/C18H19ClFNO2/c1-2-6-17(13-7-4-3-5-8-13)21-18(22)12-23-14-9-10-16(20)15(19)11-14/h3-5,7-11,17H,2,6,12H2,1H3,(H,21,22)/t17-/m1/s1. The molecule has 0 heterocycles. The molecule has 0 bridgehead atoms. The molecule has 0 spiro atoms. The number of amides is 1. The Labute approximate surface area is 140 Å². The first-order valence-corrected chi connectivity index (χ1v) is 7.90. The summed E-state index contributed by atoms with van der Waals surface area (Å²) in [6, 6.07) is 13.8. The maximum atomic E-state index is 13.1. The third-order valence-corrected chi connectivity index (χ3v) is 3.67. The third kappa shape index (κ3) is 5.25. The van der Waals surface area contributed by atoms with E-state index in [1.165, 1.54) is 18.2 Å². The van der Waals surface area contributed by atoms with Crippen molar-refractivity contribution >= 4 is 17.5 Å². The molecule has 0 aliphatic rings. The first-order chi connectivity index (χ1) is 11.1. The largest absolute Gasteiger partial charge is 0.484 e. The van der Waals surface area contributed by atoms with Crippen molar-refractivity contribution in [3.8, 4) is 5.75 Å². The first kappa shape index (κ1) is 17.3. The highest BCUT2D eigenvalue weighted by Gasteiger charge is 2.14. The van der Waals surface area contributed by atoms with Gasteiger partial charge in [-0.2, -0.15) is 0 Å². The Morgan fingerprint density at radius 2 is 2.00 bits per heavy atom. The summed E-state index contributed by atoms with van der Waals surface area (Å²) in [5.41, 5.74) is 1.06. The number of nitrogens with one attached hydrogen (secondary N) is 1. The number of hydrogen-bond acceptors (Lipinski definition) is 2. The van der Waals surface area contributed by atoms with Crippen molar-refractivity contribution in [3.05, 3.63) is 64.9 Å². The SMILES string of the molecule is CCC[C@@H](NC(=O)COc1ccc(F)c(Cl)c1)c1ccccc1. The highest BCUT2D eigenvalue weighted by molar-refractivity contribution is 6.30. The van der Waals surface area contributed by atoms with Crippen LogP contribution < -0.4 is 10.1 Å². The summed E-state index contributed by atoms with van der Waals surface area (Å²) in [5, 5.41) is 2.93. The molecule has 23 heavy (non-hydrogen) atoms. The fourth-order valence-corrected chi connectivity index (χ4v) is 2.42. The van der Waals surface area contributed by atoms with E-state index in [1.807, 2.05) is 30.3 Å². The monoisotopic (exact) mass is 335 g/mol. The second kappa shape index (κ2) is 8.53. The lowest BCUT2D eigenvalue weighted by molar-refractivity contribution is -0.123. The van der Waals surface area contributed by atoms with Crippen molar-refractivity contribution in [1.82, 2.24) is 5.32 Å². The molecule has 1 atom stereocenters. The molecule has 2 rings (SSSR count). The molecular formula is C18H19ClFNO2. The molecule has 0 saturated heterocycles. The van der Waals surface area contributed by atoms with Crippen LogP contribution in [0.4, 0.5) is 4.39 Å². The van der Waals surface area contributed by atoms with E-state index in [0.29, 0.717) is 5.75 Å². The average molecular weight is 336 g/mol. The van der Waals surface area contributed by atoms with Crippen LogP contribution in [0.3, 0.4) is 0 Å². The van der Waals surface area contributed by atoms with Gasteiger partial charge in [0.15, 0.2) is 6.61 Å². The molecule has 1 amide bonds.